The third-order valence-corrected chi connectivity index (χ3v) is 1.98. The molecule has 2 nitrogen and oxygen atoms in total. The van der Waals surface area contributed by atoms with Crippen LogP contribution >= 0.6 is 0 Å². The first-order valence-electron chi connectivity index (χ1n) is 3.43. The summed E-state index contributed by atoms with van der Waals surface area (Å²) >= 11 is 0. The van der Waals surface area contributed by atoms with Crippen LogP contribution in [0, 0.1) is 0 Å². The average Bonchev–Trinajstić information content (AvgIpc) is 2.33. The minimum Gasteiger partial charge on any atom is -0.306 e. The van der Waals surface area contributed by atoms with Crippen LogP contribution in [0.5, 0.6) is 0 Å². The molecular formula is C7H10N2. The van der Waals surface area contributed by atoms with E-state index in [1.54, 1.807) is 5.57 Å². The fraction of sp³-hybridized carbons (Fsp3) is 0.571. The summed E-state index contributed by atoms with van der Waals surface area (Å²) in [6.45, 7) is 0.992. The molecule has 0 aromatic heterocycles. The molecule has 0 radical (unpaired) electrons. The molecule has 0 fully saturated rings. The first-order chi connectivity index (χ1) is 4.47. The minimum atomic E-state index is 0.992. The third-order valence-electron chi connectivity index (χ3n) is 1.98. The van der Waals surface area contributed by atoms with Crippen molar-refractivity contribution in [2.75, 3.05) is 6.54 Å². The molecule has 0 aromatic rings. The van der Waals surface area contributed by atoms with Gasteiger partial charge in [-0.1, -0.05) is 0 Å². The molecule has 2 aliphatic rings. The number of allylic oxidation sites excluding steroid dienone is 1. The van der Waals surface area contributed by atoms with Crippen molar-refractivity contribution in [3.63, 3.8) is 0 Å². The van der Waals surface area contributed by atoms with Crippen LogP contribution in [0.3, 0.4) is 0 Å². The summed E-state index contributed by atoms with van der Waals surface area (Å²) in [5, 5.41) is 3.99. The molecule has 2 heteroatoms. The molecule has 0 saturated carbocycles. The van der Waals surface area contributed by atoms with E-state index in [1.807, 2.05) is 6.21 Å². The van der Waals surface area contributed by atoms with Crippen molar-refractivity contribution in [1.82, 2.24) is 5.43 Å². The SMILES string of the molecule is C1=NNCC2=C1CCC2. The van der Waals surface area contributed by atoms with E-state index in [2.05, 4.69) is 10.5 Å². The lowest BCUT2D eigenvalue weighted by Crippen LogP contribution is -2.14. The van der Waals surface area contributed by atoms with Crippen LogP contribution in [0.25, 0.3) is 0 Å². The highest BCUT2D eigenvalue weighted by Gasteiger charge is 2.14. The summed E-state index contributed by atoms with van der Waals surface area (Å²) in [4.78, 5) is 0. The first-order valence-corrected chi connectivity index (χ1v) is 3.43. The summed E-state index contributed by atoms with van der Waals surface area (Å²) in [7, 11) is 0. The fourth-order valence-corrected chi connectivity index (χ4v) is 1.45. The van der Waals surface area contributed by atoms with E-state index < -0.39 is 0 Å². The standard InChI is InChI=1S/C7H10N2/c1-2-6-4-8-9-5-7(6)3-1/h4,9H,1-3,5H2. The van der Waals surface area contributed by atoms with Gasteiger partial charge in [0, 0.05) is 6.21 Å². The van der Waals surface area contributed by atoms with Gasteiger partial charge in [-0.2, -0.15) is 5.10 Å². The molecule has 1 heterocycles. The van der Waals surface area contributed by atoms with Crippen LogP contribution in [0.15, 0.2) is 16.2 Å². The maximum absolute atomic E-state index is 3.99. The molecular weight excluding hydrogens is 112 g/mol. The monoisotopic (exact) mass is 122 g/mol. The van der Waals surface area contributed by atoms with Crippen molar-refractivity contribution in [2.45, 2.75) is 19.3 Å². The first kappa shape index (κ1) is 5.03. The number of hydrogen-bond acceptors (Lipinski definition) is 2. The lowest BCUT2D eigenvalue weighted by molar-refractivity contribution is 0.768. The van der Waals surface area contributed by atoms with Gasteiger partial charge in [0.25, 0.3) is 0 Å². The van der Waals surface area contributed by atoms with Gasteiger partial charge in [0.15, 0.2) is 0 Å². The van der Waals surface area contributed by atoms with Crippen molar-refractivity contribution in [3.05, 3.63) is 11.1 Å². The second kappa shape index (κ2) is 1.87. The highest BCUT2D eigenvalue weighted by molar-refractivity contribution is 5.81. The van der Waals surface area contributed by atoms with Crippen molar-refractivity contribution < 1.29 is 0 Å². The second-order valence-corrected chi connectivity index (χ2v) is 2.58. The molecule has 0 spiro atoms. The molecule has 0 aromatic carbocycles. The van der Waals surface area contributed by atoms with E-state index >= 15 is 0 Å². The van der Waals surface area contributed by atoms with Gasteiger partial charge >= 0.3 is 0 Å². The van der Waals surface area contributed by atoms with Crippen molar-refractivity contribution >= 4 is 6.21 Å². The number of nitrogens with zero attached hydrogens (tertiary/aromatic N) is 1. The van der Waals surface area contributed by atoms with Gasteiger partial charge in [-0.25, -0.2) is 0 Å². The van der Waals surface area contributed by atoms with E-state index in [4.69, 9.17) is 0 Å². The summed E-state index contributed by atoms with van der Waals surface area (Å²) in [6, 6.07) is 0. The molecule has 0 saturated heterocycles. The van der Waals surface area contributed by atoms with Crippen LogP contribution < -0.4 is 5.43 Å². The van der Waals surface area contributed by atoms with Crippen LogP contribution in [0.2, 0.25) is 0 Å². The molecule has 1 N–H and O–H groups in total. The Morgan fingerprint density at radius 3 is 3.33 bits per heavy atom. The highest BCUT2D eigenvalue weighted by atomic mass is 15.3. The smallest absolute Gasteiger partial charge is 0.0546 e. The quantitative estimate of drug-likeness (QED) is 0.510. The van der Waals surface area contributed by atoms with E-state index in [0.29, 0.717) is 0 Å². The lowest BCUT2D eigenvalue weighted by Gasteiger charge is -2.07. The predicted molar refractivity (Wildman–Crippen MR) is 37.4 cm³/mol. The van der Waals surface area contributed by atoms with E-state index in [1.165, 1.54) is 24.8 Å². The van der Waals surface area contributed by atoms with Gasteiger partial charge in [0.05, 0.1) is 6.54 Å². The Balaban J connectivity index is 2.28. The number of nitrogens with one attached hydrogen (secondary N) is 1. The summed E-state index contributed by atoms with van der Waals surface area (Å²) < 4.78 is 0. The summed E-state index contributed by atoms with van der Waals surface area (Å²) in [6.07, 6.45) is 5.83. The van der Waals surface area contributed by atoms with Gasteiger partial charge < -0.3 is 5.43 Å². The molecule has 2 rings (SSSR count). The van der Waals surface area contributed by atoms with Crippen LogP contribution in [-0.2, 0) is 0 Å². The van der Waals surface area contributed by atoms with Gasteiger partial charge in [-0.05, 0) is 30.4 Å². The van der Waals surface area contributed by atoms with E-state index in [-0.39, 0.29) is 0 Å². The number of hydrogen-bond donors (Lipinski definition) is 1. The Bertz CT molecular complexity index is 179. The van der Waals surface area contributed by atoms with Crippen LogP contribution in [0.1, 0.15) is 19.3 Å². The zero-order valence-electron chi connectivity index (χ0n) is 5.35. The Kier molecular flexibility index (Phi) is 1.04. The number of hydrazone groups is 1. The zero-order valence-corrected chi connectivity index (χ0v) is 5.35. The van der Waals surface area contributed by atoms with Gasteiger partial charge in [-0.3, -0.25) is 0 Å². The molecule has 48 valence electrons. The summed E-state index contributed by atoms with van der Waals surface area (Å²) in [5.41, 5.74) is 6.02. The van der Waals surface area contributed by atoms with Crippen molar-refractivity contribution in [1.29, 1.82) is 0 Å². The van der Waals surface area contributed by atoms with Crippen LogP contribution in [-0.4, -0.2) is 12.8 Å². The molecule has 0 atom stereocenters. The molecule has 0 amide bonds. The Labute approximate surface area is 54.6 Å². The third kappa shape index (κ3) is 0.745. The Hall–Kier alpha value is -0.790. The molecule has 9 heavy (non-hydrogen) atoms. The van der Waals surface area contributed by atoms with Crippen LogP contribution in [0.4, 0.5) is 0 Å². The lowest BCUT2D eigenvalue weighted by atomic mass is 10.1. The predicted octanol–water partition coefficient (Wildman–Crippen LogP) is 1.06. The van der Waals surface area contributed by atoms with E-state index in [9.17, 15) is 0 Å². The van der Waals surface area contributed by atoms with Gasteiger partial charge in [0.1, 0.15) is 0 Å². The second-order valence-electron chi connectivity index (χ2n) is 2.58. The molecule has 1 aliphatic carbocycles. The zero-order chi connectivity index (χ0) is 6.10. The van der Waals surface area contributed by atoms with E-state index in [0.717, 1.165) is 6.54 Å². The van der Waals surface area contributed by atoms with Gasteiger partial charge in [0.2, 0.25) is 0 Å². The number of rotatable bonds is 0. The van der Waals surface area contributed by atoms with Crippen molar-refractivity contribution in [3.8, 4) is 0 Å². The van der Waals surface area contributed by atoms with Crippen molar-refractivity contribution in [2.24, 2.45) is 5.10 Å². The molecule has 0 unspecified atom stereocenters. The Morgan fingerprint density at radius 1 is 1.44 bits per heavy atom. The Morgan fingerprint density at radius 2 is 2.44 bits per heavy atom. The van der Waals surface area contributed by atoms with Gasteiger partial charge in [-0.15, -0.1) is 0 Å². The topological polar surface area (TPSA) is 24.4 Å². The highest BCUT2D eigenvalue weighted by Crippen LogP contribution is 2.24. The maximum atomic E-state index is 3.99. The maximum Gasteiger partial charge on any atom is 0.0546 e. The molecule has 1 aliphatic heterocycles. The summed E-state index contributed by atoms with van der Waals surface area (Å²) in [5.74, 6) is 0. The fourth-order valence-electron chi connectivity index (χ4n) is 1.45. The largest absolute Gasteiger partial charge is 0.306 e. The minimum absolute atomic E-state index is 0.992. The normalized spacial score (nSPS) is 24.0. The average molecular weight is 122 g/mol. The molecule has 0 bridgehead atoms.